The number of hydrogen-bond donors (Lipinski definition) is 0. The molecule has 4 heteroatoms. The number of halogens is 1. The zero-order valence-electron chi connectivity index (χ0n) is 10.7. The van der Waals surface area contributed by atoms with Gasteiger partial charge in [-0.15, -0.1) is 0 Å². The zero-order valence-corrected chi connectivity index (χ0v) is 11.4. The van der Waals surface area contributed by atoms with E-state index in [1.807, 2.05) is 19.1 Å². The maximum absolute atomic E-state index is 9.36. The third-order valence-electron chi connectivity index (χ3n) is 3.32. The second-order valence-corrected chi connectivity index (χ2v) is 4.94. The van der Waals surface area contributed by atoms with Crippen LogP contribution in [0.4, 0.5) is 0 Å². The number of hydrogen-bond acceptors (Lipinski definition) is 3. The summed E-state index contributed by atoms with van der Waals surface area (Å²) in [7, 11) is 0. The van der Waals surface area contributed by atoms with Gasteiger partial charge in [-0.3, -0.25) is 4.99 Å². The normalized spacial score (nSPS) is 22.5. The van der Waals surface area contributed by atoms with Crippen molar-refractivity contribution in [3.8, 4) is 12.1 Å². The predicted molar refractivity (Wildman–Crippen MR) is 74.7 cm³/mol. The highest BCUT2D eigenvalue weighted by Gasteiger charge is 2.33. The molecule has 0 radical (unpaired) electrons. The fourth-order valence-corrected chi connectivity index (χ4v) is 2.50. The first-order valence-electron chi connectivity index (χ1n) is 5.89. The maximum Gasteiger partial charge on any atom is 0.0973 e. The monoisotopic (exact) mass is 269 g/mol. The molecule has 0 fully saturated rings. The minimum absolute atomic E-state index is 0.259. The second-order valence-electron chi connectivity index (χ2n) is 4.50. The second kappa shape index (κ2) is 5.26. The molecule has 0 N–H and O–H groups in total. The van der Waals surface area contributed by atoms with Crippen molar-refractivity contribution >= 4 is 17.3 Å². The third-order valence-corrected chi connectivity index (χ3v) is 3.57. The smallest absolute Gasteiger partial charge is 0.0973 e. The minimum Gasteiger partial charge on any atom is -0.260 e. The highest BCUT2D eigenvalue weighted by molar-refractivity contribution is 6.30. The Bertz CT molecular complexity index is 641. The molecular weight excluding hydrogens is 258 g/mol. The molecule has 2 atom stereocenters. The van der Waals surface area contributed by atoms with Crippen molar-refractivity contribution < 1.29 is 0 Å². The van der Waals surface area contributed by atoms with Gasteiger partial charge < -0.3 is 0 Å². The van der Waals surface area contributed by atoms with Gasteiger partial charge in [0, 0.05) is 16.7 Å². The van der Waals surface area contributed by atoms with E-state index in [1.54, 1.807) is 19.1 Å². The van der Waals surface area contributed by atoms with Gasteiger partial charge >= 0.3 is 0 Å². The lowest BCUT2D eigenvalue weighted by Gasteiger charge is -2.26. The molecule has 1 aromatic rings. The van der Waals surface area contributed by atoms with Gasteiger partial charge in [0.2, 0.25) is 0 Å². The van der Waals surface area contributed by atoms with E-state index >= 15 is 0 Å². The highest BCUT2D eigenvalue weighted by Crippen LogP contribution is 2.38. The zero-order chi connectivity index (χ0) is 14.0. The van der Waals surface area contributed by atoms with Crippen LogP contribution >= 0.6 is 11.6 Å². The van der Waals surface area contributed by atoms with Crippen LogP contribution in [0.25, 0.3) is 0 Å². The van der Waals surface area contributed by atoms with Crippen molar-refractivity contribution in [3.05, 3.63) is 46.1 Å². The SMILES string of the molecule is CC1=NC(C)=C(C#N)[C@@H](c2ccc(Cl)cc2)C1C#N. The van der Waals surface area contributed by atoms with Gasteiger partial charge in [0.25, 0.3) is 0 Å². The third kappa shape index (κ3) is 2.38. The molecule has 0 spiro atoms. The molecule has 94 valence electrons. The van der Waals surface area contributed by atoms with Crippen LogP contribution in [0.5, 0.6) is 0 Å². The quantitative estimate of drug-likeness (QED) is 0.778. The van der Waals surface area contributed by atoms with Gasteiger partial charge in [-0.25, -0.2) is 0 Å². The average Bonchev–Trinajstić information content (AvgIpc) is 2.39. The van der Waals surface area contributed by atoms with E-state index in [0.29, 0.717) is 16.3 Å². The van der Waals surface area contributed by atoms with Crippen LogP contribution in [0, 0.1) is 28.6 Å². The van der Waals surface area contributed by atoms with Gasteiger partial charge in [0.1, 0.15) is 0 Å². The number of allylic oxidation sites excluding steroid dienone is 2. The van der Waals surface area contributed by atoms with Gasteiger partial charge in [0.05, 0.1) is 29.3 Å². The van der Waals surface area contributed by atoms with Crippen molar-refractivity contribution in [2.45, 2.75) is 19.8 Å². The Kier molecular flexibility index (Phi) is 3.69. The fraction of sp³-hybridized carbons (Fsp3) is 0.267. The minimum atomic E-state index is -0.403. The largest absolute Gasteiger partial charge is 0.260 e. The Balaban J connectivity index is 2.58. The van der Waals surface area contributed by atoms with Crippen LogP contribution < -0.4 is 0 Å². The lowest BCUT2D eigenvalue weighted by atomic mass is 9.77. The molecule has 0 aliphatic carbocycles. The number of nitriles is 2. The van der Waals surface area contributed by atoms with E-state index in [9.17, 15) is 10.5 Å². The molecule has 1 heterocycles. The van der Waals surface area contributed by atoms with Gasteiger partial charge in [0.15, 0.2) is 0 Å². The summed E-state index contributed by atoms with van der Waals surface area (Å²) in [5, 5.41) is 19.3. The van der Waals surface area contributed by atoms with E-state index in [4.69, 9.17) is 11.6 Å². The Morgan fingerprint density at radius 3 is 2.32 bits per heavy atom. The number of aliphatic imine (C=N–C) groups is 1. The van der Waals surface area contributed by atoms with Crippen molar-refractivity contribution in [3.63, 3.8) is 0 Å². The standard InChI is InChI=1S/C15H12ClN3/c1-9-13(7-17)15(14(8-18)10(2)19-9)11-3-5-12(16)6-4-11/h3-6,13,15H,1-2H3/t13?,15-/m0/s1. The molecule has 0 amide bonds. The van der Waals surface area contributed by atoms with E-state index in [0.717, 1.165) is 11.3 Å². The van der Waals surface area contributed by atoms with Crippen molar-refractivity contribution in [2.75, 3.05) is 0 Å². The highest BCUT2D eigenvalue weighted by atomic mass is 35.5. The summed E-state index contributed by atoms with van der Waals surface area (Å²) in [6.45, 7) is 3.63. The van der Waals surface area contributed by atoms with Crippen molar-refractivity contribution in [1.82, 2.24) is 0 Å². The summed E-state index contributed by atoms with van der Waals surface area (Å²) in [6.07, 6.45) is 0. The molecule has 3 nitrogen and oxygen atoms in total. The predicted octanol–water partition coefficient (Wildman–Crippen LogP) is 3.84. The molecule has 2 rings (SSSR count). The first-order valence-corrected chi connectivity index (χ1v) is 6.27. The lowest BCUT2D eigenvalue weighted by Crippen LogP contribution is -2.24. The number of benzene rings is 1. The molecule has 1 aliphatic rings. The Hall–Kier alpha value is -2.10. The van der Waals surface area contributed by atoms with E-state index < -0.39 is 5.92 Å². The summed E-state index contributed by atoms with van der Waals surface area (Å²) < 4.78 is 0. The van der Waals surface area contributed by atoms with Gasteiger partial charge in [-0.2, -0.15) is 10.5 Å². The molecule has 0 saturated heterocycles. The summed E-state index contributed by atoms with van der Waals surface area (Å²) in [5.74, 6) is -0.663. The van der Waals surface area contributed by atoms with E-state index in [1.165, 1.54) is 0 Å². The molecule has 1 unspecified atom stereocenters. The fourth-order valence-electron chi connectivity index (χ4n) is 2.37. The van der Waals surface area contributed by atoms with Crippen molar-refractivity contribution in [2.24, 2.45) is 10.9 Å². The summed E-state index contributed by atoms with van der Waals surface area (Å²) >= 11 is 5.88. The molecule has 0 saturated carbocycles. The van der Waals surface area contributed by atoms with Crippen LogP contribution in [0.15, 0.2) is 40.5 Å². The molecule has 1 aliphatic heterocycles. The Labute approximate surface area is 117 Å². The van der Waals surface area contributed by atoms with E-state index in [2.05, 4.69) is 17.1 Å². The van der Waals surface area contributed by atoms with E-state index in [-0.39, 0.29) is 5.92 Å². The summed E-state index contributed by atoms with van der Waals surface area (Å²) in [5.41, 5.74) is 2.91. The van der Waals surface area contributed by atoms with Crippen LogP contribution in [-0.4, -0.2) is 5.71 Å². The van der Waals surface area contributed by atoms with Gasteiger partial charge in [-0.05, 0) is 31.5 Å². The molecular formula is C15H12ClN3. The van der Waals surface area contributed by atoms with Crippen molar-refractivity contribution in [1.29, 1.82) is 10.5 Å². The van der Waals surface area contributed by atoms with Crippen LogP contribution in [0.2, 0.25) is 5.02 Å². The van der Waals surface area contributed by atoms with Crippen LogP contribution in [0.1, 0.15) is 25.3 Å². The van der Waals surface area contributed by atoms with Crippen LogP contribution in [-0.2, 0) is 0 Å². The number of rotatable bonds is 1. The summed E-state index contributed by atoms with van der Waals surface area (Å²) in [6, 6.07) is 11.7. The molecule has 19 heavy (non-hydrogen) atoms. The van der Waals surface area contributed by atoms with Gasteiger partial charge in [-0.1, -0.05) is 23.7 Å². The topological polar surface area (TPSA) is 59.9 Å². The molecule has 1 aromatic carbocycles. The first-order chi connectivity index (χ1) is 9.08. The Morgan fingerprint density at radius 2 is 1.79 bits per heavy atom. The number of nitrogens with zero attached hydrogens (tertiary/aromatic N) is 3. The molecule has 0 bridgehead atoms. The Morgan fingerprint density at radius 1 is 1.16 bits per heavy atom. The average molecular weight is 270 g/mol. The maximum atomic E-state index is 9.36. The first kappa shape index (κ1) is 13.3. The summed E-state index contributed by atoms with van der Waals surface area (Å²) in [4.78, 5) is 4.31. The lowest BCUT2D eigenvalue weighted by molar-refractivity contribution is 0.703. The van der Waals surface area contributed by atoms with Crippen LogP contribution in [0.3, 0.4) is 0 Å². The molecule has 0 aromatic heterocycles.